The molecule has 39 heavy (non-hydrogen) atoms. The highest BCUT2D eigenvalue weighted by molar-refractivity contribution is 6.37. The minimum atomic E-state index is -1.36. The van der Waals surface area contributed by atoms with Crippen LogP contribution in [0.25, 0.3) is 5.57 Å². The van der Waals surface area contributed by atoms with Crippen molar-refractivity contribution in [1.29, 1.82) is 0 Å². The minimum absolute atomic E-state index is 0.118. The second-order valence-corrected chi connectivity index (χ2v) is 12.5. The normalized spacial score (nSPS) is 25.1. The predicted octanol–water partition coefficient (Wildman–Crippen LogP) is 6.97. The highest BCUT2D eigenvalue weighted by atomic mass is 35.5. The van der Waals surface area contributed by atoms with Crippen LogP contribution < -0.4 is 10.2 Å². The molecule has 6 rings (SSSR count). The molecule has 1 amide bonds. The fourth-order valence-electron chi connectivity index (χ4n) is 6.69. The van der Waals surface area contributed by atoms with Crippen LogP contribution in [0.1, 0.15) is 49.2 Å². The van der Waals surface area contributed by atoms with E-state index < -0.39 is 28.8 Å². The van der Waals surface area contributed by atoms with Gasteiger partial charge in [0.2, 0.25) is 5.91 Å². The van der Waals surface area contributed by atoms with Gasteiger partial charge < -0.3 is 10.2 Å². The van der Waals surface area contributed by atoms with E-state index in [9.17, 15) is 14.4 Å². The van der Waals surface area contributed by atoms with E-state index in [1.807, 2.05) is 87.2 Å². The van der Waals surface area contributed by atoms with E-state index in [1.165, 1.54) is 6.07 Å². The summed E-state index contributed by atoms with van der Waals surface area (Å²) in [5.41, 5.74) is 2.24. The summed E-state index contributed by atoms with van der Waals surface area (Å²) in [6, 6.07) is 18.5. The molecule has 0 unspecified atom stereocenters. The SMILES string of the molecule is CC1=C[C@@H]2N(c3ccccc31)[C@H](C(=O)C(C)(C)C)[C@@H](C(=O)c1ccc(Cl)cc1Cl)[C@]21C(=O)Nc2ccccc21. The van der Waals surface area contributed by atoms with Crippen molar-refractivity contribution in [3.8, 4) is 0 Å². The zero-order valence-electron chi connectivity index (χ0n) is 22.1. The largest absolute Gasteiger partial charge is 0.352 e. The van der Waals surface area contributed by atoms with Crippen molar-refractivity contribution in [2.75, 3.05) is 10.2 Å². The number of amides is 1. The van der Waals surface area contributed by atoms with Gasteiger partial charge in [-0.05, 0) is 48.4 Å². The van der Waals surface area contributed by atoms with Crippen molar-refractivity contribution < 1.29 is 14.4 Å². The number of hydrogen-bond acceptors (Lipinski definition) is 4. The molecule has 3 aliphatic rings. The van der Waals surface area contributed by atoms with Crippen LogP contribution in [-0.4, -0.2) is 29.6 Å². The van der Waals surface area contributed by atoms with Gasteiger partial charge in [0.15, 0.2) is 11.6 Å². The molecular weight excluding hydrogens is 531 g/mol. The second kappa shape index (κ2) is 8.80. The molecule has 1 N–H and O–H groups in total. The molecule has 0 aromatic heterocycles. The van der Waals surface area contributed by atoms with Gasteiger partial charge in [0, 0.05) is 32.9 Å². The van der Waals surface area contributed by atoms with Gasteiger partial charge in [0.25, 0.3) is 0 Å². The van der Waals surface area contributed by atoms with Gasteiger partial charge in [-0.1, -0.05) is 86.4 Å². The monoisotopic (exact) mass is 558 g/mol. The zero-order valence-corrected chi connectivity index (χ0v) is 23.6. The molecule has 1 saturated heterocycles. The molecule has 1 fully saturated rings. The smallest absolute Gasteiger partial charge is 0.238 e. The van der Waals surface area contributed by atoms with Gasteiger partial charge >= 0.3 is 0 Å². The van der Waals surface area contributed by atoms with Crippen molar-refractivity contribution in [3.63, 3.8) is 0 Å². The van der Waals surface area contributed by atoms with E-state index in [-0.39, 0.29) is 28.1 Å². The molecule has 0 aliphatic carbocycles. The van der Waals surface area contributed by atoms with Crippen LogP contribution in [0.5, 0.6) is 0 Å². The Balaban J connectivity index is 1.71. The summed E-state index contributed by atoms with van der Waals surface area (Å²) in [6.07, 6.45) is 2.05. The lowest BCUT2D eigenvalue weighted by molar-refractivity contribution is -0.128. The number of halogens is 2. The van der Waals surface area contributed by atoms with E-state index in [1.54, 1.807) is 12.1 Å². The lowest BCUT2D eigenvalue weighted by Gasteiger charge is -2.39. The zero-order chi connectivity index (χ0) is 27.9. The van der Waals surface area contributed by atoms with Crippen LogP contribution in [0.2, 0.25) is 10.0 Å². The third-order valence-electron chi connectivity index (χ3n) is 8.37. The fraction of sp³-hybridized carbons (Fsp3) is 0.281. The first-order valence-corrected chi connectivity index (χ1v) is 13.7. The Morgan fingerprint density at radius 1 is 0.974 bits per heavy atom. The number of fused-ring (bicyclic) bond motifs is 6. The third-order valence-corrected chi connectivity index (χ3v) is 8.92. The molecule has 3 aromatic rings. The molecular formula is C32H28Cl2N2O3. The van der Waals surface area contributed by atoms with Crippen molar-refractivity contribution in [2.45, 2.75) is 45.2 Å². The van der Waals surface area contributed by atoms with E-state index in [4.69, 9.17) is 23.2 Å². The summed E-state index contributed by atoms with van der Waals surface area (Å²) in [6.45, 7) is 7.57. The summed E-state index contributed by atoms with van der Waals surface area (Å²) < 4.78 is 0. The Morgan fingerprint density at radius 2 is 1.67 bits per heavy atom. The second-order valence-electron chi connectivity index (χ2n) is 11.6. The number of allylic oxidation sites excluding steroid dienone is 1. The number of ketones is 2. The summed E-state index contributed by atoms with van der Waals surface area (Å²) in [7, 11) is 0. The van der Waals surface area contributed by atoms with E-state index in [0.29, 0.717) is 16.3 Å². The number of carbonyl (C=O) groups is 3. The number of para-hydroxylation sites is 2. The number of benzene rings is 3. The van der Waals surface area contributed by atoms with Gasteiger partial charge in [-0.3, -0.25) is 14.4 Å². The molecule has 3 heterocycles. The maximum absolute atomic E-state index is 14.8. The molecule has 198 valence electrons. The maximum atomic E-state index is 14.8. The fourth-order valence-corrected chi connectivity index (χ4v) is 7.19. The minimum Gasteiger partial charge on any atom is -0.352 e. The van der Waals surface area contributed by atoms with Crippen molar-refractivity contribution in [3.05, 3.63) is 99.5 Å². The summed E-state index contributed by atoms with van der Waals surface area (Å²) in [4.78, 5) is 45.6. The molecule has 5 nitrogen and oxygen atoms in total. The Kier molecular flexibility index (Phi) is 5.83. The first kappa shape index (κ1) is 25.8. The average molecular weight is 559 g/mol. The number of hydrogen-bond donors (Lipinski definition) is 1. The van der Waals surface area contributed by atoms with Gasteiger partial charge in [-0.25, -0.2) is 0 Å². The molecule has 3 aliphatic heterocycles. The first-order chi connectivity index (χ1) is 18.5. The quantitative estimate of drug-likeness (QED) is 0.352. The van der Waals surface area contributed by atoms with E-state index >= 15 is 0 Å². The Hall–Kier alpha value is -3.41. The molecule has 7 heteroatoms. The maximum Gasteiger partial charge on any atom is 0.238 e. The summed E-state index contributed by atoms with van der Waals surface area (Å²) in [5.74, 6) is -1.82. The number of Topliss-reactive ketones (excluding diaryl/α,β-unsaturated/α-hetero) is 2. The Bertz CT molecular complexity index is 1600. The van der Waals surface area contributed by atoms with Crippen molar-refractivity contribution in [1.82, 2.24) is 0 Å². The average Bonchev–Trinajstić information content (AvgIpc) is 3.35. The molecule has 4 atom stereocenters. The van der Waals surface area contributed by atoms with Gasteiger partial charge in [-0.2, -0.15) is 0 Å². The van der Waals surface area contributed by atoms with E-state index in [2.05, 4.69) is 5.32 Å². The highest BCUT2D eigenvalue weighted by Gasteiger charge is 2.71. The van der Waals surface area contributed by atoms with Gasteiger partial charge in [0.1, 0.15) is 11.5 Å². The van der Waals surface area contributed by atoms with Crippen LogP contribution in [0, 0.1) is 11.3 Å². The molecule has 1 spiro atoms. The number of anilines is 2. The summed E-state index contributed by atoms with van der Waals surface area (Å²) >= 11 is 12.8. The van der Waals surface area contributed by atoms with Crippen molar-refractivity contribution >= 4 is 57.6 Å². The summed E-state index contributed by atoms with van der Waals surface area (Å²) in [5, 5.41) is 3.63. The number of carbonyl (C=O) groups excluding carboxylic acids is 3. The number of nitrogens with one attached hydrogen (secondary N) is 1. The lowest BCUT2D eigenvalue weighted by atomic mass is 9.63. The van der Waals surface area contributed by atoms with Crippen molar-refractivity contribution in [2.24, 2.45) is 11.3 Å². The molecule has 0 radical (unpaired) electrons. The van der Waals surface area contributed by atoms with Crippen LogP contribution in [0.3, 0.4) is 0 Å². The third kappa shape index (κ3) is 3.56. The number of nitrogens with zero attached hydrogens (tertiary/aromatic N) is 1. The van der Waals surface area contributed by atoms with Crippen LogP contribution in [0.4, 0.5) is 11.4 Å². The first-order valence-electron chi connectivity index (χ1n) is 13.0. The van der Waals surface area contributed by atoms with Gasteiger partial charge in [0.05, 0.1) is 17.0 Å². The van der Waals surface area contributed by atoms with Crippen LogP contribution in [0.15, 0.2) is 72.8 Å². The Morgan fingerprint density at radius 3 is 2.38 bits per heavy atom. The molecule has 3 aromatic carbocycles. The number of rotatable bonds is 3. The lowest BCUT2D eigenvalue weighted by Crippen LogP contribution is -2.51. The van der Waals surface area contributed by atoms with E-state index in [0.717, 1.165) is 16.8 Å². The topological polar surface area (TPSA) is 66.5 Å². The highest BCUT2D eigenvalue weighted by Crippen LogP contribution is 2.59. The Labute approximate surface area is 237 Å². The van der Waals surface area contributed by atoms with Crippen LogP contribution >= 0.6 is 23.2 Å². The predicted molar refractivity (Wildman–Crippen MR) is 156 cm³/mol. The van der Waals surface area contributed by atoms with Gasteiger partial charge in [-0.15, -0.1) is 0 Å². The molecule has 0 bridgehead atoms. The molecule has 0 saturated carbocycles. The standard InChI is InChI=1S/C32H28Cl2N2O3/c1-17-15-25-32(21-10-6-7-11-23(21)35-30(32)39)26(28(37)20-14-13-18(33)16-22(20)34)27(29(38)31(2,3)4)36(25)24-12-8-5-9-19(17)24/h5-16,25-27H,1-4H3,(H,35,39)/t25-,26-,27-,32+/m0/s1. The van der Waals surface area contributed by atoms with Crippen LogP contribution in [-0.2, 0) is 15.0 Å².